The average molecular weight is 121 g/mol. The molecule has 0 aliphatic carbocycles. The molecule has 0 aromatic carbocycles. The van der Waals surface area contributed by atoms with Crippen molar-refractivity contribution in [3.8, 4) is 0 Å². The maximum Gasteiger partial charge on any atom is 0.183 e. The molecule has 0 amide bonds. The summed E-state index contributed by atoms with van der Waals surface area (Å²) in [6.07, 6.45) is 0. The molecule has 0 aromatic heterocycles. The Hall–Kier alpha value is -1.53. The van der Waals surface area contributed by atoms with E-state index in [0.29, 0.717) is 0 Å². The minimum atomic E-state index is -1.00. The summed E-state index contributed by atoms with van der Waals surface area (Å²) in [5, 5.41) is 13.6. The Labute approximate surface area is 45.1 Å². The van der Waals surface area contributed by atoms with E-state index in [1.54, 1.807) is 0 Å². The van der Waals surface area contributed by atoms with Gasteiger partial charge in [0.1, 0.15) is 0 Å². The van der Waals surface area contributed by atoms with E-state index < -0.39 is 5.03 Å². The molecule has 0 unspecified atom stereocenters. The van der Waals surface area contributed by atoms with Crippen LogP contribution in [0.2, 0.25) is 0 Å². The van der Waals surface area contributed by atoms with E-state index in [-0.39, 0.29) is 5.96 Å². The Kier molecular flexibility index (Phi) is 6.62. The zero-order valence-electron chi connectivity index (χ0n) is 4.00. The highest BCUT2D eigenvalue weighted by Crippen LogP contribution is 1.29. The Morgan fingerprint density at radius 1 is 1.62 bits per heavy atom. The molecule has 48 valence electrons. The fourth-order valence-electron chi connectivity index (χ4n) is 0. The minimum absolute atomic E-state index is 0.333. The van der Waals surface area contributed by atoms with Crippen molar-refractivity contribution in [2.75, 3.05) is 0 Å². The summed E-state index contributed by atoms with van der Waals surface area (Å²) >= 11 is 0. The Bertz CT molecular complexity index is 68.4. The van der Waals surface area contributed by atoms with Gasteiger partial charge in [0.25, 0.3) is 0 Å². The monoisotopic (exact) mass is 121 g/mol. The molecule has 0 aromatic rings. The molecule has 0 aliphatic rings. The molecule has 0 saturated carbocycles. The SMILES string of the molecule is N=C(N)N.N[N+](=O)[O-]. The molecule has 0 bridgehead atoms. The van der Waals surface area contributed by atoms with Gasteiger partial charge in [-0.25, -0.2) is 10.1 Å². The summed E-state index contributed by atoms with van der Waals surface area (Å²) in [6, 6.07) is 0. The highest BCUT2D eigenvalue weighted by molar-refractivity contribution is 5.71. The molecular formula is CH7N5O2. The van der Waals surface area contributed by atoms with E-state index in [1.165, 1.54) is 0 Å². The van der Waals surface area contributed by atoms with Gasteiger partial charge in [-0.1, -0.05) is 0 Å². The third kappa shape index (κ3) is 23.0. The normalized spacial score (nSPS) is 6.00. The second-order valence-corrected chi connectivity index (χ2v) is 0.741. The molecular weight excluding hydrogens is 114 g/mol. The first-order valence-corrected chi connectivity index (χ1v) is 1.45. The van der Waals surface area contributed by atoms with Crippen molar-refractivity contribution >= 4 is 5.96 Å². The minimum Gasteiger partial charge on any atom is -0.370 e. The van der Waals surface area contributed by atoms with E-state index in [4.69, 9.17) is 15.5 Å². The van der Waals surface area contributed by atoms with Crippen LogP contribution in [0.1, 0.15) is 0 Å². The predicted molar refractivity (Wildman–Crippen MR) is 27.3 cm³/mol. The summed E-state index contributed by atoms with van der Waals surface area (Å²) < 4.78 is 0. The van der Waals surface area contributed by atoms with Crippen molar-refractivity contribution in [2.24, 2.45) is 17.3 Å². The van der Waals surface area contributed by atoms with Gasteiger partial charge in [0, 0.05) is 0 Å². The number of nitrogens with two attached hydrogens (primary N) is 3. The van der Waals surface area contributed by atoms with Gasteiger partial charge in [-0.2, -0.15) is 5.84 Å². The quantitative estimate of drug-likeness (QED) is 0.0959. The van der Waals surface area contributed by atoms with Gasteiger partial charge in [0.2, 0.25) is 0 Å². The summed E-state index contributed by atoms with van der Waals surface area (Å²) in [7, 11) is 0. The van der Waals surface area contributed by atoms with Crippen LogP contribution in [0.4, 0.5) is 0 Å². The first kappa shape index (κ1) is 9.69. The molecule has 0 saturated heterocycles. The second-order valence-electron chi connectivity index (χ2n) is 0.741. The summed E-state index contributed by atoms with van der Waals surface area (Å²) in [4.78, 5) is 8.58. The second kappa shape index (κ2) is 5.47. The fourth-order valence-corrected chi connectivity index (χ4v) is 0. The van der Waals surface area contributed by atoms with Crippen molar-refractivity contribution in [3.63, 3.8) is 0 Å². The number of nitrogens with one attached hydrogen (secondary N) is 1. The molecule has 8 heavy (non-hydrogen) atoms. The van der Waals surface area contributed by atoms with Gasteiger partial charge in [0.05, 0.1) is 0 Å². The maximum absolute atomic E-state index is 8.58. The molecule has 0 radical (unpaired) electrons. The molecule has 0 aliphatic heterocycles. The number of nitro groups is 1. The Morgan fingerprint density at radius 2 is 1.62 bits per heavy atom. The van der Waals surface area contributed by atoms with Crippen LogP contribution in [0, 0.1) is 15.5 Å². The smallest absolute Gasteiger partial charge is 0.183 e. The number of hydrogen-bond acceptors (Lipinski definition) is 3. The third-order valence-corrected chi connectivity index (χ3v) is 0. The summed E-state index contributed by atoms with van der Waals surface area (Å²) in [6.45, 7) is 0. The largest absolute Gasteiger partial charge is 0.370 e. The summed E-state index contributed by atoms with van der Waals surface area (Å²) in [5.74, 6) is 3.50. The van der Waals surface area contributed by atoms with Gasteiger partial charge in [-0.05, 0) is 0 Å². The fraction of sp³-hybridized carbons (Fsp3) is 0. The van der Waals surface area contributed by atoms with Crippen LogP contribution >= 0.6 is 0 Å². The van der Waals surface area contributed by atoms with Gasteiger partial charge in [-0.3, -0.25) is 5.41 Å². The number of guanidine groups is 1. The van der Waals surface area contributed by atoms with E-state index in [1.807, 2.05) is 0 Å². The lowest BCUT2D eigenvalue weighted by molar-refractivity contribution is -0.491. The predicted octanol–water partition coefficient (Wildman–Crippen LogP) is -2.02. The van der Waals surface area contributed by atoms with Gasteiger partial charge in [-0.15, -0.1) is 0 Å². The van der Waals surface area contributed by atoms with Crippen LogP contribution in [0.15, 0.2) is 0 Å². The highest BCUT2D eigenvalue weighted by atomic mass is 16.7. The van der Waals surface area contributed by atoms with Crippen LogP contribution in [0.3, 0.4) is 0 Å². The Morgan fingerprint density at radius 3 is 1.62 bits per heavy atom. The van der Waals surface area contributed by atoms with E-state index in [9.17, 15) is 0 Å². The first-order chi connectivity index (χ1) is 3.46. The van der Waals surface area contributed by atoms with Crippen LogP contribution in [0.5, 0.6) is 0 Å². The van der Waals surface area contributed by atoms with E-state index >= 15 is 0 Å². The third-order valence-electron chi connectivity index (χ3n) is 0. The first-order valence-electron chi connectivity index (χ1n) is 1.45. The number of hydrogen-bond donors (Lipinski definition) is 4. The van der Waals surface area contributed by atoms with E-state index in [0.717, 1.165) is 0 Å². The van der Waals surface area contributed by atoms with Crippen molar-refractivity contribution in [1.29, 1.82) is 5.41 Å². The molecule has 0 fully saturated rings. The Balaban J connectivity index is 0. The van der Waals surface area contributed by atoms with Crippen molar-refractivity contribution < 1.29 is 5.03 Å². The van der Waals surface area contributed by atoms with Crippen molar-refractivity contribution in [3.05, 3.63) is 10.1 Å². The lowest BCUT2D eigenvalue weighted by Gasteiger charge is -1.69. The summed E-state index contributed by atoms with van der Waals surface area (Å²) in [5.41, 5.74) is 8.94. The molecule has 7 N–H and O–H groups in total. The van der Waals surface area contributed by atoms with Gasteiger partial charge in [0.15, 0.2) is 11.0 Å². The molecule has 0 rings (SSSR count). The molecule has 0 heterocycles. The van der Waals surface area contributed by atoms with Crippen LogP contribution in [-0.4, -0.2) is 11.0 Å². The zero-order chi connectivity index (χ0) is 7.15. The van der Waals surface area contributed by atoms with Gasteiger partial charge < -0.3 is 11.5 Å². The van der Waals surface area contributed by atoms with Crippen molar-refractivity contribution in [1.82, 2.24) is 0 Å². The average Bonchev–Trinajstić information content (AvgIpc) is 1.25. The topological polar surface area (TPSA) is 145 Å². The van der Waals surface area contributed by atoms with Crippen LogP contribution < -0.4 is 17.3 Å². The van der Waals surface area contributed by atoms with Gasteiger partial charge >= 0.3 is 0 Å². The number of hydrazine groups is 1. The highest BCUT2D eigenvalue weighted by Gasteiger charge is 1.57. The van der Waals surface area contributed by atoms with E-state index in [2.05, 4.69) is 17.3 Å². The van der Waals surface area contributed by atoms with Crippen molar-refractivity contribution in [2.45, 2.75) is 0 Å². The molecule has 0 atom stereocenters. The number of rotatable bonds is 0. The molecule has 7 heteroatoms. The molecule has 0 spiro atoms. The van der Waals surface area contributed by atoms with Crippen LogP contribution in [-0.2, 0) is 0 Å². The van der Waals surface area contributed by atoms with Crippen LogP contribution in [0.25, 0.3) is 0 Å². The standard InChI is InChI=1S/CH5N3.H2N2O2/c2-1(3)4;1-2(3)4/h(H5,2,3,4);1H2. The zero-order valence-corrected chi connectivity index (χ0v) is 4.00. The number of nitrogens with zero attached hydrogens (tertiary/aromatic N) is 1. The lowest BCUT2D eigenvalue weighted by atomic mass is 11.1. The lowest BCUT2D eigenvalue weighted by Crippen LogP contribution is -2.20. The maximum atomic E-state index is 8.58. The molecule has 7 nitrogen and oxygen atoms in total.